The fourth-order valence-electron chi connectivity index (χ4n) is 2.20. The molecular weight excluding hydrogens is 306 g/mol. The Morgan fingerprint density at radius 3 is 2.33 bits per heavy atom. The van der Waals surface area contributed by atoms with E-state index >= 15 is 0 Å². The molecule has 0 aliphatic rings. The summed E-state index contributed by atoms with van der Waals surface area (Å²) in [4.78, 5) is 26.1. The molecule has 0 saturated heterocycles. The first-order valence-electron chi connectivity index (χ1n) is 8.52. The van der Waals surface area contributed by atoms with Gasteiger partial charge in [0.05, 0.1) is 18.7 Å². The van der Waals surface area contributed by atoms with Gasteiger partial charge in [-0.25, -0.2) is 4.79 Å². The molecule has 24 heavy (non-hydrogen) atoms. The largest absolute Gasteiger partial charge is 0.465 e. The van der Waals surface area contributed by atoms with Gasteiger partial charge in [-0.1, -0.05) is 32.0 Å². The summed E-state index contributed by atoms with van der Waals surface area (Å²) in [6.45, 7) is 10.4. The van der Waals surface area contributed by atoms with Crippen molar-refractivity contribution >= 4 is 17.7 Å². The molecule has 5 nitrogen and oxygen atoms in total. The second-order valence-corrected chi connectivity index (χ2v) is 6.66. The van der Waals surface area contributed by atoms with Gasteiger partial charge < -0.3 is 9.47 Å². The Balaban J connectivity index is 3.02. The number of carbonyl (C=O) groups excluding carboxylic acids is 2. The minimum atomic E-state index is -0.571. The highest BCUT2D eigenvalue weighted by Gasteiger charge is 2.25. The van der Waals surface area contributed by atoms with E-state index in [1.165, 1.54) is 0 Å². The molecular formula is C19H29NO4. The van der Waals surface area contributed by atoms with Gasteiger partial charge in [0.1, 0.15) is 5.60 Å². The molecule has 0 aromatic heterocycles. The van der Waals surface area contributed by atoms with Crippen molar-refractivity contribution in [1.82, 2.24) is 0 Å². The molecule has 1 rings (SSSR count). The second kappa shape index (κ2) is 9.30. The average Bonchev–Trinajstić information content (AvgIpc) is 2.49. The van der Waals surface area contributed by atoms with Crippen LogP contribution in [0.15, 0.2) is 24.3 Å². The molecule has 0 heterocycles. The number of ether oxygens (including phenoxy) is 2. The Morgan fingerprint density at radius 2 is 1.75 bits per heavy atom. The summed E-state index contributed by atoms with van der Waals surface area (Å²) in [5.74, 6) is -0.287. The van der Waals surface area contributed by atoms with E-state index in [9.17, 15) is 9.59 Å². The lowest BCUT2D eigenvalue weighted by molar-refractivity contribution is -0.142. The minimum Gasteiger partial charge on any atom is -0.465 e. The molecule has 0 bridgehead atoms. The van der Waals surface area contributed by atoms with Crippen molar-refractivity contribution in [2.75, 3.05) is 18.1 Å². The van der Waals surface area contributed by atoms with Gasteiger partial charge in [0.25, 0.3) is 0 Å². The van der Waals surface area contributed by atoms with E-state index in [0.29, 0.717) is 18.8 Å². The van der Waals surface area contributed by atoms with Crippen LogP contribution in [-0.4, -0.2) is 30.8 Å². The molecule has 0 spiro atoms. The highest BCUT2D eigenvalue weighted by molar-refractivity contribution is 5.90. The van der Waals surface area contributed by atoms with Crippen LogP contribution in [0.2, 0.25) is 0 Å². The van der Waals surface area contributed by atoms with Crippen LogP contribution < -0.4 is 4.90 Å². The van der Waals surface area contributed by atoms with Crippen LogP contribution in [-0.2, 0) is 20.7 Å². The SMILES string of the molecule is CCCOC(=O)Cc1ccccc1N(CCC)C(=O)OC(C)(C)C. The Kier molecular flexibility index (Phi) is 7.75. The lowest BCUT2D eigenvalue weighted by atomic mass is 10.1. The number of hydrogen-bond acceptors (Lipinski definition) is 4. The van der Waals surface area contributed by atoms with E-state index in [2.05, 4.69) is 0 Å². The van der Waals surface area contributed by atoms with E-state index in [0.717, 1.165) is 18.4 Å². The van der Waals surface area contributed by atoms with Gasteiger partial charge in [-0.3, -0.25) is 9.69 Å². The number of rotatable bonds is 7. The Labute approximate surface area is 144 Å². The molecule has 0 radical (unpaired) electrons. The molecule has 1 aromatic rings. The highest BCUT2D eigenvalue weighted by atomic mass is 16.6. The quantitative estimate of drug-likeness (QED) is 0.696. The van der Waals surface area contributed by atoms with E-state index in [4.69, 9.17) is 9.47 Å². The van der Waals surface area contributed by atoms with Crippen molar-refractivity contribution in [3.63, 3.8) is 0 Å². The van der Waals surface area contributed by atoms with E-state index in [-0.39, 0.29) is 12.4 Å². The zero-order chi connectivity index (χ0) is 18.2. The summed E-state index contributed by atoms with van der Waals surface area (Å²) < 4.78 is 10.7. The summed E-state index contributed by atoms with van der Waals surface area (Å²) in [6, 6.07) is 7.38. The minimum absolute atomic E-state index is 0.138. The maximum Gasteiger partial charge on any atom is 0.414 e. The van der Waals surface area contributed by atoms with Crippen molar-refractivity contribution < 1.29 is 19.1 Å². The zero-order valence-electron chi connectivity index (χ0n) is 15.4. The first kappa shape index (κ1) is 20.0. The summed E-state index contributed by atoms with van der Waals surface area (Å²) >= 11 is 0. The topological polar surface area (TPSA) is 55.8 Å². The number of anilines is 1. The number of hydrogen-bond donors (Lipinski definition) is 0. The lowest BCUT2D eigenvalue weighted by Gasteiger charge is -2.28. The summed E-state index contributed by atoms with van der Waals surface area (Å²) in [6.07, 6.45) is 1.30. The number of esters is 1. The first-order chi connectivity index (χ1) is 11.3. The number of carbonyl (C=O) groups is 2. The van der Waals surface area contributed by atoms with Crippen molar-refractivity contribution in [2.24, 2.45) is 0 Å². The first-order valence-corrected chi connectivity index (χ1v) is 8.52. The number of para-hydroxylation sites is 1. The molecule has 1 amide bonds. The van der Waals surface area contributed by atoms with Gasteiger partial charge in [-0.2, -0.15) is 0 Å². The Bertz CT molecular complexity index is 549. The summed E-state index contributed by atoms with van der Waals surface area (Å²) in [7, 11) is 0. The van der Waals surface area contributed by atoms with Crippen molar-refractivity contribution in [2.45, 2.75) is 59.5 Å². The van der Waals surface area contributed by atoms with Crippen molar-refractivity contribution in [3.05, 3.63) is 29.8 Å². The fourth-order valence-corrected chi connectivity index (χ4v) is 2.20. The van der Waals surface area contributed by atoms with Crippen LogP contribution in [0.1, 0.15) is 53.0 Å². The van der Waals surface area contributed by atoms with Gasteiger partial charge in [0.2, 0.25) is 0 Å². The van der Waals surface area contributed by atoms with E-state index in [1.54, 1.807) is 4.90 Å². The third-order valence-electron chi connectivity index (χ3n) is 3.15. The summed E-state index contributed by atoms with van der Waals surface area (Å²) in [5.41, 5.74) is 0.887. The normalized spacial score (nSPS) is 11.0. The van der Waals surface area contributed by atoms with E-state index in [1.807, 2.05) is 58.9 Å². The van der Waals surface area contributed by atoms with Gasteiger partial charge in [-0.05, 0) is 45.2 Å². The molecule has 0 atom stereocenters. The maximum absolute atomic E-state index is 12.5. The Hall–Kier alpha value is -2.04. The van der Waals surface area contributed by atoms with Crippen LogP contribution in [0.3, 0.4) is 0 Å². The third kappa shape index (κ3) is 6.60. The molecule has 0 N–H and O–H groups in total. The second-order valence-electron chi connectivity index (χ2n) is 6.66. The monoisotopic (exact) mass is 335 g/mol. The van der Waals surface area contributed by atoms with E-state index < -0.39 is 11.7 Å². The smallest absolute Gasteiger partial charge is 0.414 e. The molecule has 0 fully saturated rings. The standard InChI is InChI=1S/C19H29NO4/c1-6-12-20(18(22)24-19(3,4)5)16-11-9-8-10-15(16)14-17(21)23-13-7-2/h8-11H,6-7,12-14H2,1-5H3. The molecule has 1 aromatic carbocycles. The molecule has 0 aliphatic carbocycles. The number of benzene rings is 1. The lowest BCUT2D eigenvalue weighted by Crippen LogP contribution is -2.38. The van der Waals surface area contributed by atoms with Gasteiger partial charge >= 0.3 is 12.1 Å². The molecule has 0 unspecified atom stereocenters. The molecule has 5 heteroatoms. The van der Waals surface area contributed by atoms with Gasteiger partial charge in [-0.15, -0.1) is 0 Å². The van der Waals surface area contributed by atoms with Crippen molar-refractivity contribution in [3.8, 4) is 0 Å². The Morgan fingerprint density at radius 1 is 1.08 bits per heavy atom. The van der Waals surface area contributed by atoms with Crippen LogP contribution in [0.4, 0.5) is 10.5 Å². The predicted molar refractivity (Wildman–Crippen MR) is 95.3 cm³/mol. The van der Waals surface area contributed by atoms with Crippen molar-refractivity contribution in [1.29, 1.82) is 0 Å². The van der Waals surface area contributed by atoms with Crippen LogP contribution in [0.25, 0.3) is 0 Å². The molecule has 134 valence electrons. The average molecular weight is 335 g/mol. The zero-order valence-corrected chi connectivity index (χ0v) is 15.4. The maximum atomic E-state index is 12.5. The fraction of sp³-hybridized carbons (Fsp3) is 0.579. The predicted octanol–water partition coefficient (Wildman–Crippen LogP) is 4.33. The molecule has 0 aliphatic heterocycles. The number of amides is 1. The van der Waals surface area contributed by atoms with Crippen LogP contribution in [0.5, 0.6) is 0 Å². The van der Waals surface area contributed by atoms with Gasteiger partial charge in [0, 0.05) is 6.54 Å². The highest BCUT2D eigenvalue weighted by Crippen LogP contribution is 2.24. The number of nitrogens with zero attached hydrogens (tertiary/aromatic N) is 1. The van der Waals surface area contributed by atoms with Gasteiger partial charge in [0.15, 0.2) is 0 Å². The van der Waals surface area contributed by atoms with Crippen LogP contribution >= 0.6 is 0 Å². The van der Waals surface area contributed by atoms with Crippen LogP contribution in [0, 0.1) is 0 Å². The molecule has 0 saturated carbocycles. The summed E-state index contributed by atoms with van der Waals surface area (Å²) in [5, 5.41) is 0. The third-order valence-corrected chi connectivity index (χ3v) is 3.15.